The number of carbonyl (C=O) groups is 1. The minimum atomic E-state index is -4.11. The van der Waals surface area contributed by atoms with Gasteiger partial charge in [-0.3, -0.25) is 4.79 Å². The molecular weight excluding hydrogens is 454 g/mol. The summed E-state index contributed by atoms with van der Waals surface area (Å²) in [5.41, 5.74) is 1.46. The Hall–Kier alpha value is -2.07. The standard InChI is InChI=1S/C19H16ClNO5S3/c1-3-25-15-9-12(10-16-18(22)21-19(27)28-16)8-14(20)17(15)26-29(23,24)13-6-4-11(2)5-7-13/h4-10H,3H2,1-2H3,(H,21,22,27)/b16-10-. The fraction of sp³-hybridized carbons (Fsp3) is 0.158. The molecule has 0 bridgehead atoms. The highest BCUT2D eigenvalue weighted by molar-refractivity contribution is 8.26. The average molecular weight is 470 g/mol. The summed E-state index contributed by atoms with van der Waals surface area (Å²) < 4.78 is 36.5. The SMILES string of the molecule is CCOc1cc(/C=C2\SC(=S)NC2=O)cc(Cl)c1OS(=O)(=O)c1ccc(C)cc1. The van der Waals surface area contributed by atoms with Crippen molar-refractivity contribution >= 4 is 62.0 Å². The van der Waals surface area contributed by atoms with Gasteiger partial charge in [0.25, 0.3) is 5.91 Å². The Kier molecular flexibility index (Phi) is 6.52. The number of amides is 1. The summed E-state index contributed by atoms with van der Waals surface area (Å²) >= 11 is 12.4. The summed E-state index contributed by atoms with van der Waals surface area (Å²) in [6.45, 7) is 3.86. The number of benzene rings is 2. The van der Waals surface area contributed by atoms with Crippen molar-refractivity contribution in [3.05, 3.63) is 57.5 Å². The molecule has 152 valence electrons. The van der Waals surface area contributed by atoms with Crippen LogP contribution in [0.5, 0.6) is 11.5 Å². The molecule has 0 aromatic heterocycles. The third-order valence-corrected chi connectivity index (χ3v) is 6.45. The molecule has 1 aliphatic heterocycles. The van der Waals surface area contributed by atoms with E-state index < -0.39 is 10.1 Å². The summed E-state index contributed by atoms with van der Waals surface area (Å²) in [7, 11) is -4.11. The summed E-state index contributed by atoms with van der Waals surface area (Å²) in [5.74, 6) is -0.278. The Labute approximate surface area is 183 Å². The molecule has 1 saturated heterocycles. The summed E-state index contributed by atoms with van der Waals surface area (Å²) in [4.78, 5) is 12.3. The zero-order valence-corrected chi connectivity index (χ0v) is 18.6. The highest BCUT2D eigenvalue weighted by Crippen LogP contribution is 2.39. The van der Waals surface area contributed by atoms with Crippen molar-refractivity contribution in [3.63, 3.8) is 0 Å². The fourth-order valence-electron chi connectivity index (χ4n) is 2.45. The number of rotatable bonds is 6. The van der Waals surface area contributed by atoms with E-state index >= 15 is 0 Å². The second-order valence-corrected chi connectivity index (χ2v) is 9.64. The van der Waals surface area contributed by atoms with Crippen LogP contribution in [0.3, 0.4) is 0 Å². The van der Waals surface area contributed by atoms with Gasteiger partial charge in [0.15, 0.2) is 5.75 Å². The minimum absolute atomic E-state index is 0.000323. The smallest absolute Gasteiger partial charge is 0.339 e. The van der Waals surface area contributed by atoms with Crippen LogP contribution in [0.15, 0.2) is 46.2 Å². The number of aryl methyl sites for hydroxylation is 1. The number of hydrogen-bond acceptors (Lipinski definition) is 7. The number of hydrogen-bond donors (Lipinski definition) is 1. The van der Waals surface area contributed by atoms with E-state index in [0.29, 0.717) is 14.8 Å². The van der Waals surface area contributed by atoms with Gasteiger partial charge in [0.05, 0.1) is 16.5 Å². The van der Waals surface area contributed by atoms with Gasteiger partial charge in [-0.15, -0.1) is 0 Å². The first-order valence-electron chi connectivity index (χ1n) is 8.42. The summed E-state index contributed by atoms with van der Waals surface area (Å²) in [5, 5.41) is 2.56. The van der Waals surface area contributed by atoms with Crippen LogP contribution >= 0.6 is 35.6 Å². The largest absolute Gasteiger partial charge is 0.490 e. The van der Waals surface area contributed by atoms with Gasteiger partial charge in [-0.1, -0.05) is 53.3 Å². The summed E-state index contributed by atoms with van der Waals surface area (Å²) in [6, 6.07) is 9.30. The second-order valence-electron chi connectivity index (χ2n) is 5.97. The van der Waals surface area contributed by atoms with Crippen molar-refractivity contribution in [3.8, 4) is 11.5 Å². The van der Waals surface area contributed by atoms with Gasteiger partial charge in [-0.2, -0.15) is 8.42 Å². The van der Waals surface area contributed by atoms with Crippen LogP contribution in [0, 0.1) is 6.92 Å². The lowest BCUT2D eigenvalue weighted by Crippen LogP contribution is -2.17. The van der Waals surface area contributed by atoms with E-state index in [-0.39, 0.29) is 33.9 Å². The Morgan fingerprint density at radius 3 is 2.52 bits per heavy atom. The molecule has 29 heavy (non-hydrogen) atoms. The zero-order chi connectivity index (χ0) is 21.2. The van der Waals surface area contributed by atoms with E-state index in [1.165, 1.54) is 18.2 Å². The van der Waals surface area contributed by atoms with Gasteiger partial charge in [0.2, 0.25) is 5.75 Å². The van der Waals surface area contributed by atoms with E-state index in [4.69, 9.17) is 32.7 Å². The predicted octanol–water partition coefficient (Wildman–Crippen LogP) is 4.30. The molecular formula is C19H16ClNO5S3. The molecule has 0 saturated carbocycles. The van der Waals surface area contributed by atoms with Crippen LogP contribution in [0.4, 0.5) is 0 Å². The molecule has 6 nitrogen and oxygen atoms in total. The Morgan fingerprint density at radius 1 is 1.24 bits per heavy atom. The maximum atomic E-state index is 12.6. The lowest BCUT2D eigenvalue weighted by atomic mass is 10.2. The van der Waals surface area contributed by atoms with E-state index in [2.05, 4.69) is 5.32 Å². The van der Waals surface area contributed by atoms with Gasteiger partial charge in [-0.05, 0) is 49.8 Å². The average Bonchev–Trinajstić information content (AvgIpc) is 2.95. The normalized spacial score (nSPS) is 15.5. The van der Waals surface area contributed by atoms with Gasteiger partial charge < -0.3 is 14.2 Å². The van der Waals surface area contributed by atoms with Crippen molar-refractivity contribution in [1.29, 1.82) is 0 Å². The quantitative estimate of drug-likeness (QED) is 0.383. The molecule has 10 heteroatoms. The zero-order valence-electron chi connectivity index (χ0n) is 15.4. The molecule has 1 aliphatic rings. The highest BCUT2D eigenvalue weighted by atomic mass is 35.5. The van der Waals surface area contributed by atoms with E-state index in [0.717, 1.165) is 17.3 Å². The van der Waals surface area contributed by atoms with Crippen LogP contribution in [0.25, 0.3) is 6.08 Å². The molecule has 0 radical (unpaired) electrons. The maximum Gasteiger partial charge on any atom is 0.339 e. The number of thiocarbonyl (C=S) groups is 1. The molecule has 1 N–H and O–H groups in total. The topological polar surface area (TPSA) is 81.7 Å². The van der Waals surface area contributed by atoms with Crippen molar-refractivity contribution in [2.75, 3.05) is 6.61 Å². The first kappa shape index (κ1) is 21.6. The monoisotopic (exact) mass is 469 g/mol. The fourth-order valence-corrected chi connectivity index (χ4v) is 4.75. The van der Waals surface area contributed by atoms with Crippen LogP contribution in [0.2, 0.25) is 5.02 Å². The van der Waals surface area contributed by atoms with Crippen molar-refractivity contribution in [2.45, 2.75) is 18.7 Å². The number of thioether (sulfide) groups is 1. The number of ether oxygens (including phenoxy) is 1. The molecule has 0 atom stereocenters. The molecule has 3 rings (SSSR count). The van der Waals surface area contributed by atoms with E-state index in [1.54, 1.807) is 31.2 Å². The van der Waals surface area contributed by atoms with Crippen molar-refractivity contribution < 1.29 is 22.1 Å². The minimum Gasteiger partial charge on any atom is -0.490 e. The molecule has 2 aromatic carbocycles. The lowest BCUT2D eigenvalue weighted by molar-refractivity contribution is -0.115. The predicted molar refractivity (Wildman–Crippen MR) is 118 cm³/mol. The second kappa shape index (κ2) is 8.74. The van der Waals surface area contributed by atoms with Crippen molar-refractivity contribution in [1.82, 2.24) is 5.32 Å². The Morgan fingerprint density at radius 2 is 1.93 bits per heavy atom. The van der Waals surface area contributed by atoms with Gasteiger partial charge in [0.1, 0.15) is 9.22 Å². The number of carbonyl (C=O) groups excluding carboxylic acids is 1. The summed E-state index contributed by atoms with van der Waals surface area (Å²) in [6.07, 6.45) is 1.59. The number of nitrogens with one attached hydrogen (secondary N) is 1. The maximum absolute atomic E-state index is 12.6. The molecule has 0 unspecified atom stereocenters. The Balaban J connectivity index is 1.99. The van der Waals surface area contributed by atoms with Gasteiger partial charge in [0, 0.05) is 0 Å². The van der Waals surface area contributed by atoms with Crippen LogP contribution in [0.1, 0.15) is 18.1 Å². The highest BCUT2D eigenvalue weighted by Gasteiger charge is 2.24. The molecule has 0 aliphatic carbocycles. The first-order chi connectivity index (χ1) is 13.7. The first-order valence-corrected chi connectivity index (χ1v) is 11.4. The molecule has 0 spiro atoms. The van der Waals surface area contributed by atoms with E-state index in [9.17, 15) is 13.2 Å². The Bertz CT molecular complexity index is 1110. The van der Waals surface area contributed by atoms with Gasteiger partial charge >= 0.3 is 10.1 Å². The third kappa shape index (κ3) is 5.11. The molecule has 1 amide bonds. The molecule has 2 aromatic rings. The lowest BCUT2D eigenvalue weighted by Gasteiger charge is -2.14. The molecule has 1 heterocycles. The van der Waals surface area contributed by atoms with Crippen molar-refractivity contribution in [2.24, 2.45) is 0 Å². The van der Waals surface area contributed by atoms with Crippen LogP contribution < -0.4 is 14.2 Å². The van der Waals surface area contributed by atoms with E-state index in [1.807, 2.05) is 6.92 Å². The third-order valence-electron chi connectivity index (χ3n) is 3.77. The van der Waals surface area contributed by atoms with Gasteiger partial charge in [-0.25, -0.2) is 0 Å². The van der Waals surface area contributed by atoms with Crippen LogP contribution in [-0.4, -0.2) is 25.3 Å². The number of halogens is 1. The van der Waals surface area contributed by atoms with Crippen LogP contribution in [-0.2, 0) is 14.9 Å². The molecule has 1 fully saturated rings.